The second-order valence-electron chi connectivity index (χ2n) is 5.09. The molecule has 0 aliphatic carbocycles. The van der Waals surface area contributed by atoms with Crippen LogP contribution in [0.2, 0.25) is 0 Å². The van der Waals surface area contributed by atoms with Crippen molar-refractivity contribution in [3.05, 3.63) is 58.9 Å². The number of halogens is 1. The second-order valence-corrected chi connectivity index (χ2v) is 5.09. The summed E-state index contributed by atoms with van der Waals surface area (Å²) in [6.45, 7) is 4.18. The van der Waals surface area contributed by atoms with Crippen LogP contribution in [0.4, 0.5) is 4.39 Å². The molecule has 1 atom stereocenters. The predicted molar refractivity (Wildman–Crippen MR) is 81.1 cm³/mol. The van der Waals surface area contributed by atoms with Crippen molar-refractivity contribution in [2.45, 2.75) is 26.5 Å². The van der Waals surface area contributed by atoms with Crippen molar-refractivity contribution in [2.24, 2.45) is 5.73 Å². The Balaban J connectivity index is 2.16. The Morgan fingerprint density at radius 2 is 1.90 bits per heavy atom. The molecule has 0 radical (unpaired) electrons. The van der Waals surface area contributed by atoms with Crippen LogP contribution in [0.5, 0.6) is 11.5 Å². The molecule has 21 heavy (non-hydrogen) atoms. The summed E-state index contributed by atoms with van der Waals surface area (Å²) >= 11 is 0. The summed E-state index contributed by atoms with van der Waals surface area (Å²) in [5, 5.41) is 0. The SMILES string of the molecule is COc1ccc(COc2cc(C)ccc2[C@@H](C)N)cc1F. The smallest absolute Gasteiger partial charge is 0.165 e. The lowest BCUT2D eigenvalue weighted by Gasteiger charge is -2.15. The molecule has 0 aliphatic heterocycles. The molecule has 4 heteroatoms. The summed E-state index contributed by atoms with van der Waals surface area (Å²) in [5.41, 5.74) is 8.71. The van der Waals surface area contributed by atoms with Gasteiger partial charge in [-0.15, -0.1) is 0 Å². The van der Waals surface area contributed by atoms with Crippen LogP contribution in [-0.2, 0) is 6.61 Å². The van der Waals surface area contributed by atoms with E-state index in [4.69, 9.17) is 15.2 Å². The molecule has 0 aliphatic rings. The van der Waals surface area contributed by atoms with Gasteiger partial charge in [0.05, 0.1) is 7.11 Å². The quantitative estimate of drug-likeness (QED) is 0.912. The van der Waals surface area contributed by atoms with E-state index in [-0.39, 0.29) is 18.4 Å². The number of nitrogens with two attached hydrogens (primary N) is 1. The summed E-state index contributed by atoms with van der Waals surface area (Å²) in [4.78, 5) is 0. The molecule has 0 fully saturated rings. The van der Waals surface area contributed by atoms with Crippen molar-refractivity contribution >= 4 is 0 Å². The molecule has 0 amide bonds. The lowest BCUT2D eigenvalue weighted by atomic mass is 10.1. The highest BCUT2D eigenvalue weighted by molar-refractivity contribution is 5.39. The third kappa shape index (κ3) is 3.73. The van der Waals surface area contributed by atoms with Crippen molar-refractivity contribution in [1.29, 1.82) is 0 Å². The highest BCUT2D eigenvalue weighted by Gasteiger charge is 2.09. The molecule has 3 nitrogen and oxygen atoms in total. The number of rotatable bonds is 5. The number of hydrogen-bond donors (Lipinski definition) is 1. The minimum Gasteiger partial charge on any atom is -0.494 e. The van der Waals surface area contributed by atoms with E-state index in [0.29, 0.717) is 0 Å². The van der Waals surface area contributed by atoms with Crippen molar-refractivity contribution in [2.75, 3.05) is 7.11 Å². The topological polar surface area (TPSA) is 44.5 Å². The molecule has 0 spiro atoms. The van der Waals surface area contributed by atoms with Gasteiger partial charge in [0.15, 0.2) is 11.6 Å². The maximum Gasteiger partial charge on any atom is 0.165 e. The summed E-state index contributed by atoms with van der Waals surface area (Å²) in [7, 11) is 1.44. The van der Waals surface area contributed by atoms with Crippen LogP contribution in [0, 0.1) is 12.7 Å². The van der Waals surface area contributed by atoms with E-state index in [2.05, 4.69) is 0 Å². The molecule has 0 saturated heterocycles. The van der Waals surface area contributed by atoms with E-state index in [9.17, 15) is 4.39 Å². The van der Waals surface area contributed by atoms with Gasteiger partial charge in [0.25, 0.3) is 0 Å². The number of aryl methyl sites for hydroxylation is 1. The minimum atomic E-state index is -0.393. The van der Waals surface area contributed by atoms with Crippen molar-refractivity contribution in [1.82, 2.24) is 0 Å². The van der Waals surface area contributed by atoms with E-state index in [0.717, 1.165) is 22.4 Å². The van der Waals surface area contributed by atoms with Gasteiger partial charge in [-0.3, -0.25) is 0 Å². The van der Waals surface area contributed by atoms with E-state index in [1.165, 1.54) is 13.2 Å². The fourth-order valence-electron chi connectivity index (χ4n) is 2.10. The standard InChI is InChI=1S/C17H20FNO2/c1-11-4-6-14(12(2)19)17(8-11)21-10-13-5-7-16(20-3)15(18)9-13/h4-9,12H,10,19H2,1-3H3/t12-/m1/s1. The lowest BCUT2D eigenvalue weighted by Crippen LogP contribution is -2.08. The molecule has 2 N–H and O–H groups in total. The van der Waals surface area contributed by atoms with Crippen LogP contribution in [0.25, 0.3) is 0 Å². The molecule has 112 valence electrons. The molecular weight excluding hydrogens is 269 g/mol. The number of ether oxygens (including phenoxy) is 2. The zero-order valence-corrected chi connectivity index (χ0v) is 12.5. The molecule has 2 aromatic carbocycles. The van der Waals surface area contributed by atoms with Crippen molar-refractivity contribution < 1.29 is 13.9 Å². The molecule has 0 bridgehead atoms. The Bertz CT molecular complexity index is 626. The maximum atomic E-state index is 13.6. The monoisotopic (exact) mass is 289 g/mol. The first-order chi connectivity index (χ1) is 10.0. The van der Waals surface area contributed by atoms with E-state index in [1.54, 1.807) is 12.1 Å². The van der Waals surface area contributed by atoms with Gasteiger partial charge in [-0.25, -0.2) is 4.39 Å². The van der Waals surface area contributed by atoms with E-state index >= 15 is 0 Å². The second kappa shape index (κ2) is 6.59. The first-order valence-corrected chi connectivity index (χ1v) is 6.82. The van der Waals surface area contributed by atoms with E-state index < -0.39 is 5.82 Å². The van der Waals surface area contributed by atoms with Gasteiger partial charge >= 0.3 is 0 Å². The molecule has 0 aromatic heterocycles. The maximum absolute atomic E-state index is 13.6. The molecule has 2 rings (SSSR count). The van der Waals surface area contributed by atoms with Gasteiger partial charge < -0.3 is 15.2 Å². The summed E-state index contributed by atoms with van der Waals surface area (Å²) in [5.74, 6) is 0.571. The molecule has 0 heterocycles. The Labute approximate surface area is 124 Å². The summed E-state index contributed by atoms with van der Waals surface area (Å²) < 4.78 is 24.4. The molecule has 0 saturated carbocycles. The highest BCUT2D eigenvalue weighted by Crippen LogP contribution is 2.26. The minimum absolute atomic E-state index is 0.117. The van der Waals surface area contributed by atoms with Crippen LogP contribution >= 0.6 is 0 Å². The Hall–Kier alpha value is -2.07. The van der Waals surface area contributed by atoms with Crippen LogP contribution in [0.15, 0.2) is 36.4 Å². The van der Waals surface area contributed by atoms with Gasteiger partial charge in [-0.05, 0) is 43.2 Å². The van der Waals surface area contributed by atoms with Crippen LogP contribution < -0.4 is 15.2 Å². The van der Waals surface area contributed by atoms with Gasteiger partial charge in [0, 0.05) is 11.6 Å². The average Bonchev–Trinajstić information content (AvgIpc) is 2.45. The predicted octanol–water partition coefficient (Wildman–Crippen LogP) is 3.74. The molecular formula is C17H20FNO2. The Morgan fingerprint density at radius 3 is 2.52 bits per heavy atom. The van der Waals surface area contributed by atoms with Crippen molar-refractivity contribution in [3.63, 3.8) is 0 Å². The van der Waals surface area contributed by atoms with E-state index in [1.807, 2.05) is 32.0 Å². The van der Waals surface area contributed by atoms with Gasteiger partial charge in [-0.1, -0.05) is 18.2 Å². The number of benzene rings is 2. The molecule has 2 aromatic rings. The number of methoxy groups -OCH3 is 1. The fourth-order valence-corrected chi connectivity index (χ4v) is 2.10. The Kier molecular flexibility index (Phi) is 4.81. The van der Waals surface area contributed by atoms with Crippen LogP contribution in [0.3, 0.4) is 0 Å². The first-order valence-electron chi connectivity index (χ1n) is 6.82. The van der Waals surface area contributed by atoms with Gasteiger partial charge in [0.2, 0.25) is 0 Å². The summed E-state index contributed by atoms with van der Waals surface area (Å²) in [6.07, 6.45) is 0. The largest absolute Gasteiger partial charge is 0.494 e. The fraction of sp³-hybridized carbons (Fsp3) is 0.294. The third-order valence-electron chi connectivity index (χ3n) is 3.27. The Morgan fingerprint density at radius 1 is 1.14 bits per heavy atom. The third-order valence-corrected chi connectivity index (χ3v) is 3.27. The normalized spacial score (nSPS) is 12.0. The number of hydrogen-bond acceptors (Lipinski definition) is 3. The van der Waals surface area contributed by atoms with Gasteiger partial charge in [-0.2, -0.15) is 0 Å². The van der Waals surface area contributed by atoms with Gasteiger partial charge in [0.1, 0.15) is 12.4 Å². The highest BCUT2D eigenvalue weighted by atomic mass is 19.1. The van der Waals surface area contributed by atoms with Crippen LogP contribution in [-0.4, -0.2) is 7.11 Å². The average molecular weight is 289 g/mol. The first kappa shape index (κ1) is 15.3. The molecule has 0 unspecified atom stereocenters. The zero-order chi connectivity index (χ0) is 15.4. The lowest BCUT2D eigenvalue weighted by molar-refractivity contribution is 0.300. The summed E-state index contributed by atoms with van der Waals surface area (Å²) in [6, 6.07) is 10.6. The van der Waals surface area contributed by atoms with Crippen molar-refractivity contribution in [3.8, 4) is 11.5 Å². The van der Waals surface area contributed by atoms with Crippen LogP contribution in [0.1, 0.15) is 29.7 Å². The zero-order valence-electron chi connectivity index (χ0n) is 12.5.